The van der Waals surface area contributed by atoms with Gasteiger partial charge in [0.25, 0.3) is 0 Å². The first kappa shape index (κ1) is 18.3. The van der Waals surface area contributed by atoms with Crippen molar-refractivity contribution >= 4 is 17.7 Å². The number of nitriles is 1. The third kappa shape index (κ3) is 5.87. The van der Waals surface area contributed by atoms with Crippen LogP contribution in [0.1, 0.15) is 31.9 Å². The number of hydrogen-bond donors (Lipinski definition) is 2. The van der Waals surface area contributed by atoms with E-state index >= 15 is 0 Å². The van der Waals surface area contributed by atoms with E-state index in [0.29, 0.717) is 16.8 Å². The summed E-state index contributed by atoms with van der Waals surface area (Å²) in [5.41, 5.74) is 6.42. The number of alkyl carbamates (subject to hydrolysis) is 1. The van der Waals surface area contributed by atoms with Gasteiger partial charge < -0.3 is 20.5 Å². The molecule has 1 atom stereocenters. The van der Waals surface area contributed by atoms with Crippen LogP contribution in [0.5, 0.6) is 0 Å². The molecule has 0 spiro atoms. The molecule has 0 bridgehead atoms. The van der Waals surface area contributed by atoms with Gasteiger partial charge in [-0.15, -0.1) is 0 Å². The Morgan fingerprint density at radius 1 is 1.39 bits per heavy atom. The quantitative estimate of drug-likeness (QED) is 0.645. The van der Waals surface area contributed by atoms with Gasteiger partial charge in [-0.25, -0.2) is 9.59 Å². The summed E-state index contributed by atoms with van der Waals surface area (Å²) in [6.45, 7) is 5.17. The van der Waals surface area contributed by atoms with Gasteiger partial charge in [0, 0.05) is 12.1 Å². The van der Waals surface area contributed by atoms with Crippen LogP contribution in [-0.4, -0.2) is 30.8 Å². The molecule has 0 aliphatic heterocycles. The second-order valence-corrected chi connectivity index (χ2v) is 5.96. The Balaban J connectivity index is 2.87. The first-order valence-electron chi connectivity index (χ1n) is 7.02. The molecule has 0 aromatic heterocycles. The van der Waals surface area contributed by atoms with E-state index in [2.05, 4.69) is 5.32 Å². The van der Waals surface area contributed by atoms with E-state index in [1.807, 2.05) is 6.07 Å². The number of ether oxygens (including phenoxy) is 2. The number of benzene rings is 1. The standard InChI is InChI=1S/C16H21N3O4/c1-16(2,3)23-15(21)19-13(14(20)22-4)8-10-5-6-11(9-17)12(18)7-10/h5-7,13H,8,18H2,1-4H3,(H,19,21)/t13-/m1/s1. The SMILES string of the molecule is COC(=O)[C@@H](Cc1ccc(C#N)c(N)c1)NC(=O)OC(C)(C)C. The van der Waals surface area contributed by atoms with Gasteiger partial charge in [-0.1, -0.05) is 6.07 Å². The molecule has 1 aromatic carbocycles. The lowest BCUT2D eigenvalue weighted by molar-refractivity contribution is -0.143. The molecule has 23 heavy (non-hydrogen) atoms. The Hall–Kier alpha value is -2.75. The van der Waals surface area contributed by atoms with Crippen LogP contribution in [0.4, 0.5) is 10.5 Å². The predicted molar refractivity (Wildman–Crippen MR) is 84.4 cm³/mol. The number of nitrogens with two attached hydrogens (primary N) is 1. The van der Waals surface area contributed by atoms with Crippen LogP contribution in [-0.2, 0) is 20.7 Å². The van der Waals surface area contributed by atoms with E-state index in [9.17, 15) is 9.59 Å². The molecule has 124 valence electrons. The van der Waals surface area contributed by atoms with Crippen LogP contribution in [0, 0.1) is 11.3 Å². The largest absolute Gasteiger partial charge is 0.467 e. The fourth-order valence-corrected chi connectivity index (χ4v) is 1.86. The maximum atomic E-state index is 11.8. The molecule has 1 rings (SSSR count). The highest BCUT2D eigenvalue weighted by Gasteiger charge is 2.25. The Morgan fingerprint density at radius 3 is 2.52 bits per heavy atom. The Labute approximate surface area is 135 Å². The minimum Gasteiger partial charge on any atom is -0.467 e. The molecule has 7 heteroatoms. The van der Waals surface area contributed by atoms with Crippen LogP contribution in [0.25, 0.3) is 0 Å². The maximum absolute atomic E-state index is 11.8. The highest BCUT2D eigenvalue weighted by Crippen LogP contribution is 2.15. The van der Waals surface area contributed by atoms with Crippen molar-refractivity contribution in [2.75, 3.05) is 12.8 Å². The van der Waals surface area contributed by atoms with E-state index in [1.54, 1.807) is 39.0 Å². The number of methoxy groups -OCH3 is 1. The Kier molecular flexibility index (Phi) is 5.96. The molecule has 0 saturated heterocycles. The average Bonchev–Trinajstić information content (AvgIpc) is 2.44. The molecule has 0 heterocycles. The Morgan fingerprint density at radius 2 is 2.04 bits per heavy atom. The van der Waals surface area contributed by atoms with Crippen LogP contribution in [0.2, 0.25) is 0 Å². The molecule has 0 saturated carbocycles. The number of rotatable bonds is 4. The highest BCUT2D eigenvalue weighted by molar-refractivity contribution is 5.81. The van der Waals surface area contributed by atoms with Gasteiger partial charge in [-0.3, -0.25) is 0 Å². The molecule has 3 N–H and O–H groups in total. The lowest BCUT2D eigenvalue weighted by Gasteiger charge is -2.22. The Bertz CT molecular complexity index is 629. The van der Waals surface area contributed by atoms with E-state index in [0.717, 1.165) is 0 Å². The topological polar surface area (TPSA) is 114 Å². The number of carbonyl (C=O) groups excluding carboxylic acids is 2. The number of esters is 1. The monoisotopic (exact) mass is 319 g/mol. The first-order valence-corrected chi connectivity index (χ1v) is 7.02. The van der Waals surface area contributed by atoms with Crippen molar-refractivity contribution in [3.05, 3.63) is 29.3 Å². The third-order valence-corrected chi connectivity index (χ3v) is 2.85. The summed E-state index contributed by atoms with van der Waals surface area (Å²) in [4.78, 5) is 23.7. The fourth-order valence-electron chi connectivity index (χ4n) is 1.86. The van der Waals surface area contributed by atoms with Crippen molar-refractivity contribution < 1.29 is 19.1 Å². The lowest BCUT2D eigenvalue weighted by atomic mass is 10.0. The molecule has 0 aliphatic rings. The average molecular weight is 319 g/mol. The predicted octanol–water partition coefficient (Wildman–Crippen LogP) is 1.75. The zero-order valence-corrected chi connectivity index (χ0v) is 13.7. The van der Waals surface area contributed by atoms with Crippen molar-refractivity contribution in [2.45, 2.75) is 38.8 Å². The van der Waals surface area contributed by atoms with E-state index in [4.69, 9.17) is 20.5 Å². The van der Waals surface area contributed by atoms with Gasteiger partial charge in [-0.05, 0) is 38.5 Å². The first-order chi connectivity index (χ1) is 10.7. The molecule has 7 nitrogen and oxygen atoms in total. The summed E-state index contributed by atoms with van der Waals surface area (Å²) in [7, 11) is 1.24. The molecule has 1 aromatic rings. The van der Waals surface area contributed by atoms with Crippen LogP contribution < -0.4 is 11.1 Å². The van der Waals surface area contributed by atoms with E-state index in [1.165, 1.54) is 7.11 Å². The minimum absolute atomic E-state index is 0.168. The second-order valence-electron chi connectivity index (χ2n) is 5.96. The maximum Gasteiger partial charge on any atom is 0.408 e. The van der Waals surface area contributed by atoms with Gasteiger partial charge in [0.05, 0.1) is 12.7 Å². The number of anilines is 1. The lowest BCUT2D eigenvalue weighted by Crippen LogP contribution is -2.45. The van der Waals surface area contributed by atoms with Crippen LogP contribution in [0.3, 0.4) is 0 Å². The number of amides is 1. The number of hydrogen-bond acceptors (Lipinski definition) is 6. The summed E-state index contributed by atoms with van der Waals surface area (Å²) in [5.74, 6) is -0.598. The number of nitrogens with one attached hydrogen (secondary N) is 1. The van der Waals surface area contributed by atoms with E-state index < -0.39 is 23.7 Å². The normalized spacial score (nSPS) is 12.0. The summed E-state index contributed by atoms with van der Waals surface area (Å²) < 4.78 is 9.83. The zero-order chi connectivity index (χ0) is 17.6. The molecule has 1 amide bonds. The van der Waals surface area contributed by atoms with Crippen molar-refractivity contribution in [3.63, 3.8) is 0 Å². The summed E-state index contributed by atoms with van der Waals surface area (Å²) >= 11 is 0. The smallest absolute Gasteiger partial charge is 0.408 e. The van der Waals surface area contributed by atoms with Gasteiger partial charge in [-0.2, -0.15) is 5.26 Å². The third-order valence-electron chi connectivity index (χ3n) is 2.85. The van der Waals surface area contributed by atoms with Crippen molar-refractivity contribution in [3.8, 4) is 6.07 Å². The van der Waals surface area contributed by atoms with Crippen LogP contribution in [0.15, 0.2) is 18.2 Å². The molecular formula is C16H21N3O4. The highest BCUT2D eigenvalue weighted by atomic mass is 16.6. The van der Waals surface area contributed by atoms with Gasteiger partial charge >= 0.3 is 12.1 Å². The van der Waals surface area contributed by atoms with Gasteiger partial charge in [0.1, 0.15) is 17.7 Å². The summed E-state index contributed by atoms with van der Waals surface area (Å²) in [5, 5.41) is 11.3. The number of carbonyl (C=O) groups is 2. The zero-order valence-electron chi connectivity index (χ0n) is 13.7. The van der Waals surface area contributed by atoms with Gasteiger partial charge in [0.2, 0.25) is 0 Å². The number of nitrogens with zero attached hydrogens (tertiary/aromatic N) is 1. The second kappa shape index (κ2) is 7.49. The summed E-state index contributed by atoms with van der Waals surface area (Å²) in [6.07, 6.45) is -0.545. The van der Waals surface area contributed by atoms with Crippen molar-refractivity contribution in [1.82, 2.24) is 5.32 Å². The summed E-state index contributed by atoms with van der Waals surface area (Å²) in [6, 6.07) is 5.87. The van der Waals surface area contributed by atoms with Crippen LogP contribution >= 0.6 is 0 Å². The molecule has 0 radical (unpaired) electrons. The van der Waals surface area contributed by atoms with Crippen molar-refractivity contribution in [1.29, 1.82) is 5.26 Å². The number of nitrogen functional groups attached to an aromatic ring is 1. The van der Waals surface area contributed by atoms with Crippen molar-refractivity contribution in [2.24, 2.45) is 0 Å². The molecule has 0 unspecified atom stereocenters. The molecule has 0 fully saturated rings. The minimum atomic E-state index is -0.915. The molecular weight excluding hydrogens is 298 g/mol. The fraction of sp³-hybridized carbons (Fsp3) is 0.438. The molecule has 0 aliphatic carbocycles. The van der Waals surface area contributed by atoms with Gasteiger partial charge in [0.15, 0.2) is 0 Å². The van der Waals surface area contributed by atoms with E-state index in [-0.39, 0.29) is 6.42 Å².